The molecule has 2 N–H and O–H groups in total. The highest BCUT2D eigenvalue weighted by molar-refractivity contribution is 5.77. The third-order valence-electron chi connectivity index (χ3n) is 5.55. The first-order chi connectivity index (χ1) is 12.0. The SMILES string of the molecule is Cc1cc(CCC(=O)N2CCC(C3CC3)C2c2n[nH]c(=O)[nH]2)nn1C. The number of aromatic nitrogens is 5. The second-order valence-corrected chi connectivity index (χ2v) is 7.29. The van der Waals surface area contributed by atoms with Crippen molar-refractivity contribution in [3.05, 3.63) is 33.8 Å². The standard InChI is InChI=1S/C17H24N6O2/c1-10-9-12(21-22(10)2)5-6-14(24)23-8-7-13(11-3-4-11)15(23)16-18-17(25)20-19-16/h9,11,13,15H,3-8H2,1-2H3,(H2,18,19,20,25). The molecule has 134 valence electrons. The van der Waals surface area contributed by atoms with Crippen molar-refractivity contribution < 1.29 is 4.79 Å². The van der Waals surface area contributed by atoms with Gasteiger partial charge in [-0.2, -0.15) is 10.2 Å². The maximum atomic E-state index is 12.9. The Morgan fingerprint density at radius 2 is 2.16 bits per heavy atom. The summed E-state index contributed by atoms with van der Waals surface area (Å²) in [6, 6.07) is 1.91. The molecule has 25 heavy (non-hydrogen) atoms. The van der Waals surface area contributed by atoms with E-state index < -0.39 is 0 Å². The lowest BCUT2D eigenvalue weighted by molar-refractivity contribution is -0.132. The van der Waals surface area contributed by atoms with Crippen LogP contribution in [0.2, 0.25) is 0 Å². The van der Waals surface area contributed by atoms with Crippen molar-refractivity contribution in [2.75, 3.05) is 6.54 Å². The highest BCUT2D eigenvalue weighted by Gasteiger charge is 2.46. The van der Waals surface area contributed by atoms with Crippen molar-refractivity contribution in [3.8, 4) is 0 Å². The van der Waals surface area contributed by atoms with Gasteiger partial charge in [-0.15, -0.1) is 0 Å². The number of H-pyrrole nitrogens is 2. The molecule has 2 atom stereocenters. The first kappa shape index (κ1) is 16.1. The van der Waals surface area contributed by atoms with Crippen LogP contribution >= 0.6 is 0 Å². The summed E-state index contributed by atoms with van der Waals surface area (Å²) < 4.78 is 1.83. The zero-order valence-corrected chi connectivity index (χ0v) is 14.7. The lowest BCUT2D eigenvalue weighted by atomic mass is 9.94. The number of carbonyl (C=O) groups excluding carboxylic acids is 1. The van der Waals surface area contributed by atoms with E-state index in [2.05, 4.69) is 20.3 Å². The van der Waals surface area contributed by atoms with E-state index in [1.54, 1.807) is 0 Å². The molecule has 3 heterocycles. The fraction of sp³-hybridized carbons (Fsp3) is 0.647. The summed E-state index contributed by atoms with van der Waals surface area (Å²) in [5.74, 6) is 1.77. The minimum absolute atomic E-state index is 0.107. The number of nitrogens with one attached hydrogen (secondary N) is 2. The first-order valence-electron chi connectivity index (χ1n) is 8.96. The van der Waals surface area contributed by atoms with Crippen molar-refractivity contribution >= 4 is 5.91 Å². The second kappa shape index (κ2) is 6.16. The maximum absolute atomic E-state index is 12.9. The number of hydrogen-bond donors (Lipinski definition) is 2. The number of likely N-dealkylation sites (tertiary alicyclic amines) is 1. The molecule has 0 aromatic carbocycles. The molecular weight excluding hydrogens is 320 g/mol. The number of amides is 1. The van der Waals surface area contributed by atoms with Gasteiger partial charge in [0.05, 0.1) is 11.7 Å². The number of nitrogens with zero attached hydrogens (tertiary/aromatic N) is 4. The predicted octanol–water partition coefficient (Wildman–Crippen LogP) is 1.07. The van der Waals surface area contributed by atoms with Crippen LogP contribution in [0.25, 0.3) is 0 Å². The van der Waals surface area contributed by atoms with E-state index in [-0.39, 0.29) is 17.6 Å². The van der Waals surface area contributed by atoms with Gasteiger partial charge in [0.15, 0.2) is 5.82 Å². The fourth-order valence-corrected chi connectivity index (χ4v) is 4.02. The van der Waals surface area contributed by atoms with Gasteiger partial charge >= 0.3 is 5.69 Å². The average molecular weight is 344 g/mol. The van der Waals surface area contributed by atoms with E-state index in [0.717, 1.165) is 24.4 Å². The lowest BCUT2D eigenvalue weighted by Crippen LogP contribution is -2.33. The van der Waals surface area contributed by atoms with Gasteiger partial charge in [-0.05, 0) is 44.1 Å². The summed E-state index contributed by atoms with van der Waals surface area (Å²) in [7, 11) is 1.91. The van der Waals surface area contributed by atoms with E-state index in [1.807, 2.05) is 29.6 Å². The molecule has 1 saturated heterocycles. The summed E-state index contributed by atoms with van der Waals surface area (Å²) in [5.41, 5.74) is 1.72. The van der Waals surface area contributed by atoms with Crippen LogP contribution in [0.1, 0.15) is 48.9 Å². The largest absolute Gasteiger partial charge is 0.340 e. The van der Waals surface area contributed by atoms with Gasteiger partial charge in [-0.25, -0.2) is 9.89 Å². The van der Waals surface area contributed by atoms with Crippen LogP contribution in [0.3, 0.4) is 0 Å². The van der Waals surface area contributed by atoms with E-state index >= 15 is 0 Å². The van der Waals surface area contributed by atoms with E-state index in [0.29, 0.717) is 30.5 Å². The van der Waals surface area contributed by atoms with Gasteiger partial charge in [0, 0.05) is 32.1 Å². The molecular formula is C17H24N6O2. The van der Waals surface area contributed by atoms with Crippen molar-refractivity contribution in [3.63, 3.8) is 0 Å². The molecule has 1 amide bonds. The van der Waals surface area contributed by atoms with Gasteiger partial charge in [-0.1, -0.05) is 0 Å². The highest BCUT2D eigenvalue weighted by atomic mass is 16.2. The van der Waals surface area contributed by atoms with E-state index in [4.69, 9.17) is 0 Å². The quantitative estimate of drug-likeness (QED) is 0.847. The van der Waals surface area contributed by atoms with Crippen LogP contribution in [0.15, 0.2) is 10.9 Å². The molecule has 2 unspecified atom stereocenters. The van der Waals surface area contributed by atoms with Crippen LogP contribution in [-0.4, -0.2) is 42.3 Å². The fourth-order valence-electron chi connectivity index (χ4n) is 4.02. The Balaban J connectivity index is 1.49. The van der Waals surface area contributed by atoms with E-state index in [1.165, 1.54) is 12.8 Å². The molecule has 8 nitrogen and oxygen atoms in total. The Hall–Kier alpha value is -2.38. The van der Waals surface area contributed by atoms with Crippen LogP contribution in [-0.2, 0) is 18.3 Å². The highest BCUT2D eigenvalue weighted by Crippen LogP contribution is 2.49. The molecule has 8 heteroatoms. The second-order valence-electron chi connectivity index (χ2n) is 7.29. The van der Waals surface area contributed by atoms with Crippen molar-refractivity contribution in [2.45, 2.75) is 45.1 Å². The van der Waals surface area contributed by atoms with Gasteiger partial charge in [0.2, 0.25) is 5.91 Å². The number of aromatic amines is 2. The topological polar surface area (TPSA) is 99.7 Å². The Bertz CT molecular complexity index is 811. The molecule has 1 saturated carbocycles. The molecule has 2 aliphatic rings. The van der Waals surface area contributed by atoms with E-state index in [9.17, 15) is 9.59 Å². The Labute approximate surface area is 145 Å². The van der Waals surface area contributed by atoms with Crippen molar-refractivity contribution in [2.24, 2.45) is 18.9 Å². The molecule has 4 rings (SSSR count). The molecule has 0 bridgehead atoms. The minimum atomic E-state index is -0.312. The molecule has 1 aliphatic heterocycles. The summed E-state index contributed by atoms with van der Waals surface area (Å²) in [6.07, 6.45) is 4.47. The molecule has 2 fully saturated rings. The molecule has 2 aromatic heterocycles. The van der Waals surface area contributed by atoms with Crippen LogP contribution in [0.4, 0.5) is 0 Å². The van der Waals surface area contributed by atoms with Crippen molar-refractivity contribution in [1.82, 2.24) is 29.9 Å². The molecule has 0 radical (unpaired) electrons. The smallest absolute Gasteiger partial charge is 0.332 e. The summed E-state index contributed by atoms with van der Waals surface area (Å²) >= 11 is 0. The van der Waals surface area contributed by atoms with Crippen molar-refractivity contribution in [1.29, 1.82) is 0 Å². The van der Waals surface area contributed by atoms with Crippen LogP contribution in [0.5, 0.6) is 0 Å². The zero-order chi connectivity index (χ0) is 17.6. The van der Waals surface area contributed by atoms with Gasteiger partial charge in [-0.3, -0.25) is 14.5 Å². The zero-order valence-electron chi connectivity index (χ0n) is 14.7. The monoisotopic (exact) mass is 344 g/mol. The average Bonchev–Trinajstić information content (AvgIpc) is 3.04. The Morgan fingerprint density at radius 3 is 2.76 bits per heavy atom. The van der Waals surface area contributed by atoms with Gasteiger partial charge in [0.1, 0.15) is 0 Å². The number of hydrogen-bond acceptors (Lipinski definition) is 4. The van der Waals surface area contributed by atoms with Crippen LogP contribution < -0.4 is 5.69 Å². The molecule has 0 spiro atoms. The molecule has 1 aliphatic carbocycles. The molecule has 2 aromatic rings. The first-order valence-corrected chi connectivity index (χ1v) is 8.96. The summed E-state index contributed by atoms with van der Waals surface area (Å²) in [6.45, 7) is 2.74. The number of carbonyl (C=O) groups is 1. The van der Waals surface area contributed by atoms with Gasteiger partial charge in [0.25, 0.3) is 0 Å². The predicted molar refractivity (Wildman–Crippen MR) is 90.8 cm³/mol. The maximum Gasteiger partial charge on any atom is 0.340 e. The normalized spacial score (nSPS) is 23.4. The lowest BCUT2D eigenvalue weighted by Gasteiger charge is -2.26. The Morgan fingerprint density at radius 1 is 1.36 bits per heavy atom. The summed E-state index contributed by atoms with van der Waals surface area (Å²) in [5, 5.41) is 11.0. The number of rotatable bonds is 5. The third kappa shape index (κ3) is 3.12. The third-order valence-corrected chi connectivity index (χ3v) is 5.55. The minimum Gasteiger partial charge on any atom is -0.332 e. The van der Waals surface area contributed by atoms with Gasteiger partial charge < -0.3 is 4.90 Å². The summed E-state index contributed by atoms with van der Waals surface area (Å²) in [4.78, 5) is 29.0. The Kier molecular flexibility index (Phi) is 3.97. The number of aryl methyl sites for hydroxylation is 3. The van der Waals surface area contributed by atoms with Crippen LogP contribution in [0, 0.1) is 18.8 Å².